The summed E-state index contributed by atoms with van der Waals surface area (Å²) in [6.45, 7) is 1.46. The molecule has 0 aliphatic carbocycles. The lowest BCUT2D eigenvalue weighted by molar-refractivity contribution is -0.116. The van der Waals surface area contributed by atoms with E-state index in [1.54, 1.807) is 6.07 Å². The topological polar surface area (TPSA) is 55.8 Å². The molecule has 0 bridgehead atoms. The minimum atomic E-state index is -0.0446. The van der Waals surface area contributed by atoms with Gasteiger partial charge in [-0.1, -0.05) is 0 Å². The third kappa shape index (κ3) is 2.40. The largest absolute Gasteiger partial charge is 0.508 e. The quantitative estimate of drug-likeness (QED) is 0.819. The molecule has 4 heteroatoms. The van der Waals surface area contributed by atoms with Crippen LogP contribution in [0.1, 0.15) is 12.5 Å². The summed E-state index contributed by atoms with van der Waals surface area (Å²) in [5, 5.41) is 9.60. The first-order chi connectivity index (χ1) is 7.10. The van der Waals surface area contributed by atoms with Gasteiger partial charge in [-0.05, 0) is 19.1 Å². The molecule has 0 atom stereocenters. The molecule has 0 aromatic heterocycles. The maximum Gasteiger partial charge on any atom is 0.168 e. The highest BCUT2D eigenvalue weighted by molar-refractivity contribution is 5.80. The third-order valence-corrected chi connectivity index (χ3v) is 2.05. The van der Waals surface area contributed by atoms with Crippen molar-refractivity contribution in [2.45, 2.75) is 13.3 Å². The molecule has 1 aromatic carbocycles. The van der Waals surface area contributed by atoms with Gasteiger partial charge in [0.1, 0.15) is 11.5 Å². The van der Waals surface area contributed by atoms with E-state index < -0.39 is 0 Å². The van der Waals surface area contributed by atoms with E-state index >= 15 is 0 Å². The van der Waals surface area contributed by atoms with Crippen LogP contribution < -0.4 is 9.47 Å². The van der Waals surface area contributed by atoms with Crippen molar-refractivity contribution in [3.05, 3.63) is 17.7 Å². The molecule has 1 aromatic rings. The van der Waals surface area contributed by atoms with E-state index in [0.717, 1.165) is 0 Å². The SMILES string of the molecule is COc1ccc(O)c(CC(C)=O)c1OC. The maximum absolute atomic E-state index is 11.0. The monoisotopic (exact) mass is 210 g/mol. The molecule has 82 valence electrons. The number of hydrogen-bond acceptors (Lipinski definition) is 4. The highest BCUT2D eigenvalue weighted by Gasteiger charge is 2.15. The Kier molecular flexibility index (Phi) is 3.55. The van der Waals surface area contributed by atoms with Crippen molar-refractivity contribution in [1.29, 1.82) is 0 Å². The van der Waals surface area contributed by atoms with Crippen LogP contribution in [0.5, 0.6) is 17.2 Å². The van der Waals surface area contributed by atoms with Crippen molar-refractivity contribution >= 4 is 5.78 Å². The number of benzene rings is 1. The Bertz CT molecular complexity index is 371. The van der Waals surface area contributed by atoms with Gasteiger partial charge in [0.05, 0.1) is 14.2 Å². The molecule has 15 heavy (non-hydrogen) atoms. The Morgan fingerprint density at radius 3 is 2.47 bits per heavy atom. The van der Waals surface area contributed by atoms with Crippen LogP contribution in [-0.4, -0.2) is 25.1 Å². The predicted octanol–water partition coefficient (Wildman–Crippen LogP) is 1.54. The van der Waals surface area contributed by atoms with Gasteiger partial charge in [-0.3, -0.25) is 4.79 Å². The minimum absolute atomic E-state index is 0.0443. The number of ether oxygens (including phenoxy) is 2. The number of carbonyl (C=O) groups is 1. The lowest BCUT2D eigenvalue weighted by atomic mass is 10.1. The Hall–Kier alpha value is -1.71. The van der Waals surface area contributed by atoms with Gasteiger partial charge in [0.2, 0.25) is 0 Å². The molecule has 1 rings (SSSR count). The summed E-state index contributed by atoms with van der Waals surface area (Å²) in [4.78, 5) is 11.0. The van der Waals surface area contributed by atoms with Crippen LogP contribution in [0.25, 0.3) is 0 Å². The number of phenols is 1. The van der Waals surface area contributed by atoms with E-state index in [-0.39, 0.29) is 18.0 Å². The van der Waals surface area contributed by atoms with Gasteiger partial charge in [0.25, 0.3) is 0 Å². The molecular formula is C11H14O4. The highest BCUT2D eigenvalue weighted by atomic mass is 16.5. The number of Topliss-reactive ketones (excluding diaryl/α,β-unsaturated/α-hetero) is 1. The van der Waals surface area contributed by atoms with Gasteiger partial charge in [-0.25, -0.2) is 0 Å². The number of rotatable bonds is 4. The second kappa shape index (κ2) is 4.68. The van der Waals surface area contributed by atoms with Gasteiger partial charge < -0.3 is 14.6 Å². The van der Waals surface area contributed by atoms with E-state index in [1.807, 2.05) is 0 Å². The fraction of sp³-hybridized carbons (Fsp3) is 0.364. The Labute approximate surface area is 88.4 Å². The normalized spacial score (nSPS) is 9.80. The predicted molar refractivity (Wildman–Crippen MR) is 55.6 cm³/mol. The number of carbonyl (C=O) groups excluding carboxylic acids is 1. The molecule has 0 saturated carbocycles. The molecule has 0 heterocycles. The standard InChI is InChI=1S/C11H14O4/c1-7(12)6-8-9(13)4-5-10(14-2)11(8)15-3/h4-5,13H,6H2,1-3H3. The summed E-state index contributed by atoms with van der Waals surface area (Å²) < 4.78 is 10.2. The number of hydrogen-bond donors (Lipinski definition) is 1. The second-order valence-electron chi connectivity index (χ2n) is 3.18. The Morgan fingerprint density at radius 1 is 1.33 bits per heavy atom. The Balaban J connectivity index is 3.25. The lowest BCUT2D eigenvalue weighted by Gasteiger charge is -2.12. The van der Waals surface area contributed by atoms with Gasteiger partial charge >= 0.3 is 0 Å². The summed E-state index contributed by atoms with van der Waals surface area (Å²) in [6, 6.07) is 3.08. The number of methoxy groups -OCH3 is 2. The molecule has 0 radical (unpaired) electrons. The first-order valence-corrected chi connectivity index (χ1v) is 4.52. The maximum atomic E-state index is 11.0. The first-order valence-electron chi connectivity index (χ1n) is 4.52. The summed E-state index contributed by atoms with van der Waals surface area (Å²) in [5.74, 6) is 0.916. The van der Waals surface area contributed by atoms with Gasteiger partial charge in [-0.15, -0.1) is 0 Å². The van der Waals surface area contributed by atoms with Crippen molar-refractivity contribution < 1.29 is 19.4 Å². The van der Waals surface area contributed by atoms with Gasteiger partial charge in [0, 0.05) is 12.0 Å². The fourth-order valence-electron chi connectivity index (χ4n) is 1.40. The lowest BCUT2D eigenvalue weighted by Crippen LogP contribution is -2.01. The zero-order valence-electron chi connectivity index (χ0n) is 9.03. The molecule has 1 N–H and O–H groups in total. The second-order valence-corrected chi connectivity index (χ2v) is 3.18. The van der Waals surface area contributed by atoms with E-state index in [2.05, 4.69) is 0 Å². The molecule has 0 aliphatic heterocycles. The molecule has 0 saturated heterocycles. The molecular weight excluding hydrogens is 196 g/mol. The van der Waals surface area contributed by atoms with E-state index in [0.29, 0.717) is 17.1 Å². The molecule has 0 fully saturated rings. The third-order valence-electron chi connectivity index (χ3n) is 2.05. The van der Waals surface area contributed by atoms with Crippen molar-refractivity contribution in [2.24, 2.45) is 0 Å². The molecule has 0 spiro atoms. The first kappa shape index (κ1) is 11.4. The van der Waals surface area contributed by atoms with Crippen LogP contribution >= 0.6 is 0 Å². The van der Waals surface area contributed by atoms with Crippen molar-refractivity contribution in [3.8, 4) is 17.2 Å². The zero-order chi connectivity index (χ0) is 11.4. The van der Waals surface area contributed by atoms with E-state index in [9.17, 15) is 9.90 Å². The zero-order valence-corrected chi connectivity index (χ0v) is 9.03. The van der Waals surface area contributed by atoms with E-state index in [4.69, 9.17) is 9.47 Å². The average molecular weight is 210 g/mol. The molecule has 0 unspecified atom stereocenters. The van der Waals surface area contributed by atoms with Gasteiger partial charge in [0.15, 0.2) is 11.5 Å². The highest BCUT2D eigenvalue weighted by Crippen LogP contribution is 2.36. The summed E-state index contributed by atoms with van der Waals surface area (Å²) in [5.41, 5.74) is 0.462. The molecule has 4 nitrogen and oxygen atoms in total. The fourth-order valence-corrected chi connectivity index (χ4v) is 1.40. The van der Waals surface area contributed by atoms with Gasteiger partial charge in [-0.2, -0.15) is 0 Å². The summed E-state index contributed by atoms with van der Waals surface area (Å²) >= 11 is 0. The van der Waals surface area contributed by atoms with Crippen molar-refractivity contribution in [3.63, 3.8) is 0 Å². The summed E-state index contributed by atoms with van der Waals surface area (Å²) in [6.07, 6.45) is 0.131. The average Bonchev–Trinajstić information content (AvgIpc) is 2.20. The van der Waals surface area contributed by atoms with Crippen molar-refractivity contribution in [1.82, 2.24) is 0 Å². The van der Waals surface area contributed by atoms with Crippen molar-refractivity contribution in [2.75, 3.05) is 14.2 Å². The summed E-state index contributed by atoms with van der Waals surface area (Å²) in [7, 11) is 2.98. The number of aromatic hydroxyl groups is 1. The number of ketones is 1. The number of phenolic OH excluding ortho intramolecular Hbond substituents is 1. The van der Waals surface area contributed by atoms with Crippen LogP contribution in [0.2, 0.25) is 0 Å². The van der Waals surface area contributed by atoms with Crippen LogP contribution in [0, 0.1) is 0 Å². The van der Waals surface area contributed by atoms with Crippen LogP contribution in [0.4, 0.5) is 0 Å². The smallest absolute Gasteiger partial charge is 0.168 e. The van der Waals surface area contributed by atoms with Crippen LogP contribution in [-0.2, 0) is 11.2 Å². The molecule has 0 aliphatic rings. The molecule has 0 amide bonds. The van der Waals surface area contributed by atoms with Crippen LogP contribution in [0.3, 0.4) is 0 Å². The minimum Gasteiger partial charge on any atom is -0.508 e. The Morgan fingerprint density at radius 2 is 2.00 bits per heavy atom. The van der Waals surface area contributed by atoms with Crippen LogP contribution in [0.15, 0.2) is 12.1 Å². The van der Waals surface area contributed by atoms with E-state index in [1.165, 1.54) is 27.2 Å².